The molecule has 0 spiro atoms. The molecule has 2 aromatic carbocycles. The molecule has 6 nitrogen and oxygen atoms in total. The zero-order valence-electron chi connectivity index (χ0n) is 19.7. The predicted molar refractivity (Wildman–Crippen MR) is 138 cm³/mol. The minimum absolute atomic E-state index is 0.0905. The number of amidine groups is 1. The topological polar surface area (TPSA) is 67.4 Å². The summed E-state index contributed by atoms with van der Waals surface area (Å²) >= 11 is 1.28. The average Bonchev–Trinajstić information content (AvgIpc) is 3.43. The van der Waals surface area contributed by atoms with E-state index < -0.39 is 0 Å². The first-order valence-corrected chi connectivity index (χ1v) is 11.7. The fourth-order valence-corrected chi connectivity index (χ4v) is 4.35. The van der Waals surface area contributed by atoms with Crippen LogP contribution in [0.5, 0.6) is 5.75 Å². The summed E-state index contributed by atoms with van der Waals surface area (Å²) in [5.74, 6) is 1.21. The Morgan fingerprint density at radius 2 is 1.82 bits per heavy atom. The number of carbonyl (C=O) groups excluding carboxylic acids is 1. The highest BCUT2D eigenvalue weighted by Gasteiger charge is 2.34. The highest BCUT2D eigenvalue weighted by Crippen LogP contribution is 2.35. The van der Waals surface area contributed by atoms with E-state index >= 15 is 0 Å². The van der Waals surface area contributed by atoms with Crippen molar-refractivity contribution in [1.29, 1.82) is 0 Å². The second-order valence-corrected chi connectivity index (χ2v) is 9.83. The first-order valence-electron chi connectivity index (χ1n) is 10.9. The lowest BCUT2D eigenvalue weighted by molar-refractivity contribution is -0.122. The largest absolute Gasteiger partial charge is 0.496 e. The van der Waals surface area contributed by atoms with Gasteiger partial charge in [0.2, 0.25) is 0 Å². The molecule has 1 fully saturated rings. The van der Waals surface area contributed by atoms with E-state index in [9.17, 15) is 4.79 Å². The molecule has 0 aliphatic carbocycles. The van der Waals surface area contributed by atoms with E-state index in [4.69, 9.17) is 9.15 Å². The number of nitrogens with zero attached hydrogens (tertiary/aromatic N) is 3. The molecule has 0 radical (unpaired) electrons. The smallest absolute Gasteiger partial charge is 0.267 e. The van der Waals surface area contributed by atoms with Crippen molar-refractivity contribution in [3.8, 4) is 5.75 Å². The molecular weight excluding hydrogens is 446 g/mol. The Kier molecular flexibility index (Phi) is 7.03. The Morgan fingerprint density at radius 1 is 1.06 bits per heavy atom. The van der Waals surface area contributed by atoms with E-state index in [1.54, 1.807) is 30.6 Å². The number of ether oxygens (including phenoxy) is 1. The maximum atomic E-state index is 13.2. The lowest BCUT2D eigenvalue weighted by Gasteiger charge is -2.18. The Balaban J connectivity index is 1.60. The zero-order valence-corrected chi connectivity index (χ0v) is 20.5. The van der Waals surface area contributed by atoms with Gasteiger partial charge in [0.15, 0.2) is 5.17 Å². The van der Waals surface area contributed by atoms with Crippen LogP contribution in [0.25, 0.3) is 6.08 Å². The van der Waals surface area contributed by atoms with Gasteiger partial charge in [-0.3, -0.25) is 9.69 Å². The predicted octanol–water partition coefficient (Wildman–Crippen LogP) is 6.09. The lowest BCUT2D eigenvalue weighted by Crippen LogP contribution is -2.28. The molecule has 1 aromatic heterocycles. The second-order valence-electron chi connectivity index (χ2n) is 8.82. The van der Waals surface area contributed by atoms with Crippen molar-refractivity contribution in [2.45, 2.75) is 32.7 Å². The normalized spacial score (nSPS) is 16.8. The number of furan rings is 1. The van der Waals surface area contributed by atoms with E-state index in [1.807, 2.05) is 48.5 Å². The van der Waals surface area contributed by atoms with E-state index in [2.05, 4.69) is 43.1 Å². The fraction of sp³-hybridized carbons (Fsp3) is 0.222. The summed E-state index contributed by atoms with van der Waals surface area (Å²) in [6, 6.07) is 19.4. The van der Waals surface area contributed by atoms with Crippen LogP contribution in [-0.4, -0.2) is 29.3 Å². The zero-order chi connectivity index (χ0) is 24.1. The molecule has 7 heteroatoms. The number of carbonyl (C=O) groups is 1. The molecule has 0 atom stereocenters. The number of hydrogen-bond donors (Lipinski definition) is 0. The van der Waals surface area contributed by atoms with Gasteiger partial charge in [-0.15, -0.1) is 5.10 Å². The number of amides is 1. The summed E-state index contributed by atoms with van der Waals surface area (Å²) in [6.07, 6.45) is 5.10. The van der Waals surface area contributed by atoms with Crippen molar-refractivity contribution in [2.75, 3.05) is 7.11 Å². The molecule has 0 bridgehead atoms. The summed E-state index contributed by atoms with van der Waals surface area (Å²) in [6.45, 7) is 6.82. The van der Waals surface area contributed by atoms with Gasteiger partial charge in [-0.25, -0.2) is 0 Å². The van der Waals surface area contributed by atoms with Crippen LogP contribution in [0.2, 0.25) is 0 Å². The first kappa shape index (κ1) is 23.6. The third kappa shape index (κ3) is 5.48. The maximum Gasteiger partial charge on any atom is 0.267 e. The van der Waals surface area contributed by atoms with Crippen molar-refractivity contribution < 1.29 is 13.9 Å². The van der Waals surface area contributed by atoms with Crippen molar-refractivity contribution in [3.05, 3.63) is 94.3 Å². The average molecular weight is 474 g/mol. The first-order chi connectivity index (χ1) is 16.3. The molecule has 0 N–H and O–H groups in total. The fourth-order valence-electron chi connectivity index (χ4n) is 3.42. The van der Waals surface area contributed by atoms with Crippen LogP contribution in [0.3, 0.4) is 0 Å². The van der Waals surface area contributed by atoms with E-state index in [0.717, 1.165) is 11.1 Å². The van der Waals surface area contributed by atoms with Gasteiger partial charge < -0.3 is 9.15 Å². The molecule has 3 aromatic rings. The summed E-state index contributed by atoms with van der Waals surface area (Å²) in [5, 5.41) is 9.14. The molecule has 0 saturated carbocycles. The SMILES string of the molecule is COc1ccccc1/C=C1\S/C(=N/N=C\c2ccc(C(C)(C)C)cc2)N(Cc2ccco2)C1=O. The number of rotatable bonds is 6. The van der Waals surface area contributed by atoms with Crippen LogP contribution in [0.4, 0.5) is 0 Å². The van der Waals surface area contributed by atoms with Gasteiger partial charge in [-0.2, -0.15) is 5.10 Å². The van der Waals surface area contributed by atoms with Gasteiger partial charge in [-0.05, 0) is 52.6 Å². The van der Waals surface area contributed by atoms with Gasteiger partial charge in [0.25, 0.3) is 5.91 Å². The molecule has 34 heavy (non-hydrogen) atoms. The molecule has 1 aliphatic heterocycles. The number of thioether (sulfide) groups is 1. The number of para-hydroxylation sites is 1. The monoisotopic (exact) mass is 473 g/mol. The molecule has 1 aliphatic rings. The van der Waals surface area contributed by atoms with Crippen LogP contribution in [0.1, 0.15) is 43.2 Å². The van der Waals surface area contributed by atoms with Gasteiger partial charge in [0, 0.05) is 5.56 Å². The summed E-state index contributed by atoms with van der Waals surface area (Å²) in [7, 11) is 1.61. The molecule has 1 saturated heterocycles. The lowest BCUT2D eigenvalue weighted by atomic mass is 9.87. The Bertz CT molecular complexity index is 1240. The Morgan fingerprint density at radius 3 is 2.50 bits per heavy atom. The Labute approximate surface area is 204 Å². The molecule has 0 unspecified atom stereocenters. The summed E-state index contributed by atoms with van der Waals surface area (Å²) in [4.78, 5) is 15.3. The van der Waals surface area contributed by atoms with Gasteiger partial charge in [0.1, 0.15) is 11.5 Å². The molecule has 4 rings (SSSR count). The highest BCUT2D eigenvalue weighted by molar-refractivity contribution is 8.18. The van der Waals surface area contributed by atoms with Gasteiger partial charge in [-0.1, -0.05) is 63.2 Å². The van der Waals surface area contributed by atoms with Crippen LogP contribution in [0, 0.1) is 0 Å². The van der Waals surface area contributed by atoms with Crippen LogP contribution < -0.4 is 4.74 Å². The van der Waals surface area contributed by atoms with Crippen LogP contribution >= 0.6 is 11.8 Å². The number of hydrogen-bond acceptors (Lipinski definition) is 6. The van der Waals surface area contributed by atoms with Crippen molar-refractivity contribution in [2.24, 2.45) is 10.2 Å². The molecule has 1 amide bonds. The van der Waals surface area contributed by atoms with Crippen molar-refractivity contribution >= 4 is 35.1 Å². The molecule has 174 valence electrons. The van der Waals surface area contributed by atoms with E-state index in [-0.39, 0.29) is 17.9 Å². The number of benzene rings is 2. The molecule has 2 heterocycles. The quantitative estimate of drug-likeness (QED) is 0.247. The van der Waals surface area contributed by atoms with Gasteiger partial charge in [0.05, 0.1) is 31.0 Å². The number of methoxy groups -OCH3 is 1. The molecular formula is C27H27N3O3S. The summed E-state index contributed by atoms with van der Waals surface area (Å²) in [5.41, 5.74) is 3.10. The summed E-state index contributed by atoms with van der Waals surface area (Å²) < 4.78 is 10.9. The van der Waals surface area contributed by atoms with E-state index in [1.165, 1.54) is 17.3 Å². The maximum absolute atomic E-state index is 13.2. The minimum atomic E-state index is -0.157. The minimum Gasteiger partial charge on any atom is -0.496 e. The van der Waals surface area contributed by atoms with E-state index in [0.29, 0.717) is 21.6 Å². The third-order valence-corrected chi connectivity index (χ3v) is 6.33. The van der Waals surface area contributed by atoms with Crippen LogP contribution in [-0.2, 0) is 16.8 Å². The highest BCUT2D eigenvalue weighted by atomic mass is 32.2. The van der Waals surface area contributed by atoms with Crippen LogP contribution in [0.15, 0.2) is 86.5 Å². The third-order valence-electron chi connectivity index (χ3n) is 5.33. The standard InChI is InChI=1S/C27H27N3O3S/c1-27(2,3)21-13-11-19(12-14-21)17-28-29-26-30(18-22-9-7-15-33-22)25(31)24(34-26)16-20-8-5-6-10-23(20)32-4/h5-17H,18H2,1-4H3/b24-16-,28-17-,29-26+. The van der Waals surface area contributed by atoms with Crippen molar-refractivity contribution in [3.63, 3.8) is 0 Å². The van der Waals surface area contributed by atoms with Crippen molar-refractivity contribution in [1.82, 2.24) is 4.90 Å². The van der Waals surface area contributed by atoms with Gasteiger partial charge >= 0.3 is 0 Å². The Hall–Kier alpha value is -3.58. The second kappa shape index (κ2) is 10.1.